The molecule has 484 valence electrons. The van der Waals surface area contributed by atoms with Gasteiger partial charge in [-0.1, -0.05) is 149 Å². The number of benzene rings is 1. The number of alkyl halides is 1. The van der Waals surface area contributed by atoms with E-state index in [0.717, 1.165) is 49.2 Å². The lowest BCUT2D eigenvalue weighted by molar-refractivity contribution is -0.266. The van der Waals surface area contributed by atoms with Gasteiger partial charge < -0.3 is 51.2 Å². The first-order valence-corrected chi connectivity index (χ1v) is 42.7. The van der Waals surface area contributed by atoms with Crippen molar-refractivity contribution in [3.8, 4) is 0 Å². The minimum atomic E-state index is -2.64. The Balaban J connectivity index is 1.38. The van der Waals surface area contributed by atoms with Crippen LogP contribution in [0.15, 0.2) is 54.6 Å². The predicted octanol–water partition coefficient (Wildman–Crippen LogP) is 15.9. The Morgan fingerprint density at radius 1 is 0.765 bits per heavy atom. The standard InChI is InChI=1S/C68H115IO13Si3/c1-22-45(4)38-57-59(73-15)53(54(77-57)36-37-70)41-48(71)40-50-31-33-55-60(75-50)62(81-84(18,19)66(9,10)11)63(82-85(20,21)67(12,13)14)61(78-55)56(80-83(16,17)65(6,7)8)34-30-49(76-64(72)47-26-24-23-25-27-47)28-29-52-42-68(43-69)58(74-52)35-32-51(79-68)39-46(5)44(2)3/h23-27,30,34,37,45-46,49-63H,2,22,28-29,31-33,35-36,38-43H2,1,3-21H3/b34-30+/t45?,46-,49?,50-,51-,52+,53?,54+,55+,56+,57-,58+,59-,60+,61+,62+,63-,68-/m1/s1. The molecular weight excluding hydrogens is 1240 g/mol. The van der Waals surface area contributed by atoms with Gasteiger partial charge in [-0.3, -0.25) is 4.79 Å². The first kappa shape index (κ1) is 72.6. The number of aldehydes is 1. The van der Waals surface area contributed by atoms with Crippen LogP contribution in [0.2, 0.25) is 54.4 Å². The number of fused-ring (bicyclic) bond motifs is 2. The zero-order chi connectivity index (χ0) is 63.3. The van der Waals surface area contributed by atoms with E-state index in [4.69, 9.17) is 46.4 Å². The Labute approximate surface area is 531 Å². The van der Waals surface area contributed by atoms with Gasteiger partial charge in [0.15, 0.2) is 25.0 Å². The number of hydrogen-bond donors (Lipinski definition) is 0. The second-order valence-corrected chi connectivity index (χ2v) is 45.9. The number of halogens is 1. The van der Waals surface area contributed by atoms with Crippen molar-refractivity contribution in [2.24, 2.45) is 17.8 Å². The second kappa shape index (κ2) is 29.9. The molecule has 0 N–H and O–H groups in total. The molecule has 85 heavy (non-hydrogen) atoms. The van der Waals surface area contributed by atoms with E-state index in [1.807, 2.05) is 24.3 Å². The normalized spacial score (nSPS) is 32.1. The lowest BCUT2D eigenvalue weighted by Crippen LogP contribution is -2.69. The zero-order valence-electron chi connectivity index (χ0n) is 56.2. The van der Waals surface area contributed by atoms with Gasteiger partial charge in [-0.05, 0) is 143 Å². The molecule has 18 atom stereocenters. The highest BCUT2D eigenvalue weighted by atomic mass is 127. The Kier molecular flexibility index (Phi) is 25.5. The molecule has 0 radical (unpaired) electrons. The van der Waals surface area contributed by atoms with Gasteiger partial charge in [-0.15, -0.1) is 0 Å². The van der Waals surface area contributed by atoms with Crippen LogP contribution in [0.1, 0.15) is 184 Å². The van der Waals surface area contributed by atoms with Crippen LogP contribution >= 0.6 is 22.6 Å². The molecule has 5 aliphatic rings. The number of ether oxygens (including phenoxy) is 7. The highest BCUT2D eigenvalue weighted by Gasteiger charge is 2.59. The van der Waals surface area contributed by atoms with Crippen LogP contribution in [-0.2, 0) is 56.0 Å². The molecule has 0 spiro atoms. The molecule has 13 nitrogen and oxygen atoms in total. The van der Waals surface area contributed by atoms with Gasteiger partial charge in [0.25, 0.3) is 0 Å². The third kappa shape index (κ3) is 18.4. The van der Waals surface area contributed by atoms with E-state index < -0.39 is 79.8 Å². The van der Waals surface area contributed by atoms with Crippen molar-refractivity contribution in [2.75, 3.05) is 11.5 Å². The van der Waals surface area contributed by atoms with E-state index in [1.165, 1.54) is 5.57 Å². The number of esters is 1. The van der Waals surface area contributed by atoms with E-state index in [-0.39, 0.29) is 88.3 Å². The van der Waals surface area contributed by atoms with Gasteiger partial charge >= 0.3 is 5.97 Å². The van der Waals surface area contributed by atoms with E-state index in [1.54, 1.807) is 19.2 Å². The van der Waals surface area contributed by atoms with Crippen molar-refractivity contribution >= 4 is 65.6 Å². The summed E-state index contributed by atoms with van der Waals surface area (Å²) in [5.74, 6) is 0.219. The zero-order valence-corrected chi connectivity index (χ0v) is 61.4. The first-order valence-electron chi connectivity index (χ1n) is 32.5. The van der Waals surface area contributed by atoms with Crippen LogP contribution < -0.4 is 0 Å². The molecule has 0 amide bonds. The molecule has 5 heterocycles. The van der Waals surface area contributed by atoms with E-state index in [2.05, 4.69) is 165 Å². The summed E-state index contributed by atoms with van der Waals surface area (Å²) in [6.45, 7) is 46.9. The molecule has 17 heteroatoms. The minimum absolute atomic E-state index is 0.00475. The Hall–Kier alpha value is -1.47. The molecule has 5 fully saturated rings. The fraction of sp³-hybridized carbons (Fsp3) is 0.809. The van der Waals surface area contributed by atoms with E-state index >= 15 is 0 Å². The predicted molar refractivity (Wildman–Crippen MR) is 356 cm³/mol. The van der Waals surface area contributed by atoms with Crippen LogP contribution in [0, 0.1) is 17.8 Å². The fourth-order valence-corrected chi connectivity index (χ4v) is 17.2. The van der Waals surface area contributed by atoms with E-state index in [0.29, 0.717) is 43.1 Å². The summed E-state index contributed by atoms with van der Waals surface area (Å²) in [5.41, 5.74) is 1.29. The van der Waals surface area contributed by atoms with E-state index in [9.17, 15) is 14.4 Å². The number of methoxy groups -OCH3 is 1. The molecule has 0 saturated carbocycles. The topological polar surface area (TPSA) is 144 Å². The van der Waals surface area contributed by atoms with Gasteiger partial charge in [0.2, 0.25) is 0 Å². The number of carbonyl (C=O) groups is 3. The number of hydrogen-bond acceptors (Lipinski definition) is 13. The molecule has 0 aromatic heterocycles. The maximum Gasteiger partial charge on any atom is 0.338 e. The second-order valence-electron chi connectivity index (χ2n) is 30.9. The first-order chi connectivity index (χ1) is 39.5. The van der Waals surface area contributed by atoms with Gasteiger partial charge in [0.1, 0.15) is 48.2 Å². The van der Waals surface area contributed by atoms with Crippen molar-refractivity contribution in [3.05, 3.63) is 60.2 Å². The Morgan fingerprint density at radius 3 is 1.96 bits per heavy atom. The summed E-state index contributed by atoms with van der Waals surface area (Å²) < 4.78 is 72.1. The quantitative estimate of drug-likeness (QED) is 0.0196. The van der Waals surface area contributed by atoms with Crippen LogP contribution in [-0.4, -0.2) is 146 Å². The smallest absolute Gasteiger partial charge is 0.338 e. The van der Waals surface area contributed by atoms with Gasteiger partial charge in [0, 0.05) is 43.1 Å². The summed E-state index contributed by atoms with van der Waals surface area (Å²) in [4.78, 5) is 40.7. The Bertz CT molecular complexity index is 2360. The number of ketones is 1. The third-order valence-corrected chi connectivity index (χ3v) is 35.9. The molecule has 3 unspecified atom stereocenters. The lowest BCUT2D eigenvalue weighted by atomic mass is 9.84. The van der Waals surface area contributed by atoms with Crippen LogP contribution in [0.5, 0.6) is 0 Å². The van der Waals surface area contributed by atoms with Crippen molar-refractivity contribution < 1.29 is 60.8 Å². The average molecular weight is 1350 g/mol. The largest absolute Gasteiger partial charge is 0.455 e. The molecule has 5 aliphatic heterocycles. The Morgan fingerprint density at radius 2 is 1.39 bits per heavy atom. The number of rotatable bonds is 28. The van der Waals surface area contributed by atoms with Crippen LogP contribution in [0.4, 0.5) is 0 Å². The van der Waals surface area contributed by atoms with Gasteiger partial charge in [0.05, 0.1) is 60.5 Å². The lowest BCUT2D eigenvalue weighted by Gasteiger charge is -2.56. The van der Waals surface area contributed by atoms with Crippen molar-refractivity contribution in [1.82, 2.24) is 0 Å². The van der Waals surface area contributed by atoms with Crippen molar-refractivity contribution in [2.45, 2.75) is 319 Å². The summed E-state index contributed by atoms with van der Waals surface area (Å²) in [6, 6.07) is 9.21. The molecule has 6 rings (SSSR count). The molecule has 1 aromatic rings. The number of allylic oxidation sites excluding steroid dienone is 1. The number of carbonyl (C=O) groups excluding carboxylic acids is 3. The van der Waals surface area contributed by atoms with Gasteiger partial charge in [-0.25, -0.2) is 4.79 Å². The number of Topliss-reactive ketones (excluding diaryl/α,β-unsaturated/α-hetero) is 1. The van der Waals surface area contributed by atoms with Crippen LogP contribution in [0.25, 0.3) is 0 Å². The SMILES string of the molecule is C=C(C)[C@H](C)C[C@H]1CC[C@@H]2O[C@@H](CCC(/C=C/[C@H](O[Si](C)(C)C(C)(C)C)[C@@H]3O[C@H]4CC[C@H](CC(=O)CC5[C@H](CC=O)O[C@H](CC(C)CC)[C@@H]5OC)O[C@@H]4[C@H](O[Si](C)(C)C(C)(C)C)[C@@H]3O[Si](C)(C)C(C)(C)C)OC(=O)c3ccccc3)C[C@]2(CI)O1. The molecular formula is C68H115IO13Si3. The highest BCUT2D eigenvalue weighted by Crippen LogP contribution is 2.49. The third-order valence-electron chi connectivity index (χ3n) is 21.2. The molecule has 1 aromatic carbocycles. The maximum atomic E-state index is 14.5. The maximum absolute atomic E-state index is 14.5. The monoisotopic (exact) mass is 1350 g/mol. The molecule has 0 bridgehead atoms. The minimum Gasteiger partial charge on any atom is -0.455 e. The molecule has 0 aliphatic carbocycles. The average Bonchev–Trinajstić information content (AvgIpc) is 2.83. The summed E-state index contributed by atoms with van der Waals surface area (Å²) in [5, 5.41) is -0.541. The highest BCUT2D eigenvalue weighted by molar-refractivity contribution is 14.1. The molecule has 5 saturated heterocycles. The fourth-order valence-electron chi connectivity index (χ4n) is 12.3. The van der Waals surface area contributed by atoms with Crippen molar-refractivity contribution in [1.29, 1.82) is 0 Å². The van der Waals surface area contributed by atoms with Crippen LogP contribution in [0.3, 0.4) is 0 Å². The summed E-state index contributed by atoms with van der Waals surface area (Å²) in [6.07, 6.45) is 8.28. The van der Waals surface area contributed by atoms with Crippen molar-refractivity contribution in [3.63, 3.8) is 0 Å². The summed E-state index contributed by atoms with van der Waals surface area (Å²) in [7, 11) is -6.16. The van der Waals surface area contributed by atoms with Gasteiger partial charge in [-0.2, -0.15) is 0 Å². The summed E-state index contributed by atoms with van der Waals surface area (Å²) >= 11 is 2.48.